The summed E-state index contributed by atoms with van der Waals surface area (Å²) in [5.41, 5.74) is 7.42. The Morgan fingerprint density at radius 1 is 0.500 bits per heavy atom. The Bertz CT molecular complexity index is 1010. The maximum Gasteiger partial charge on any atom is 0.0682 e. The lowest BCUT2D eigenvalue weighted by molar-refractivity contribution is 0.641. The molecule has 0 amide bonds. The summed E-state index contributed by atoms with van der Waals surface area (Å²) in [7, 11) is 0. The van der Waals surface area contributed by atoms with Crippen LogP contribution in [0.15, 0.2) is 83.1 Å². The first-order valence-corrected chi connectivity index (χ1v) is 13.1. The van der Waals surface area contributed by atoms with Crippen LogP contribution in [0.5, 0.6) is 0 Å². The Labute approximate surface area is 204 Å². The summed E-state index contributed by atoms with van der Waals surface area (Å²) in [6, 6.07) is 17.5. The van der Waals surface area contributed by atoms with Gasteiger partial charge in [0, 0.05) is 49.7 Å². The minimum Gasteiger partial charge on any atom is -0.347 e. The van der Waals surface area contributed by atoms with Gasteiger partial charge in [0.15, 0.2) is 0 Å². The molecule has 176 valence electrons. The van der Waals surface area contributed by atoms with E-state index < -0.39 is 0 Å². The third-order valence-corrected chi connectivity index (χ3v) is 6.98. The van der Waals surface area contributed by atoms with E-state index in [9.17, 15) is 0 Å². The molecule has 0 saturated heterocycles. The van der Waals surface area contributed by atoms with Crippen molar-refractivity contribution in [3.8, 4) is 0 Å². The molecule has 0 aliphatic carbocycles. The lowest BCUT2D eigenvalue weighted by atomic mass is 10.0. The molecule has 0 spiro atoms. The molecular formula is C30H36N4. The molecule has 0 radical (unpaired) electrons. The first-order chi connectivity index (χ1) is 16.9. The molecule has 34 heavy (non-hydrogen) atoms. The fourth-order valence-electron chi connectivity index (χ4n) is 5.10. The monoisotopic (exact) mass is 452 g/mol. The summed E-state index contributed by atoms with van der Waals surface area (Å²) in [5.74, 6) is 0. The van der Waals surface area contributed by atoms with Gasteiger partial charge < -0.3 is 9.80 Å². The van der Waals surface area contributed by atoms with Crippen molar-refractivity contribution in [2.75, 3.05) is 36.0 Å². The first-order valence-electron chi connectivity index (χ1n) is 13.1. The predicted molar refractivity (Wildman–Crippen MR) is 146 cm³/mol. The van der Waals surface area contributed by atoms with Crippen molar-refractivity contribution in [1.29, 1.82) is 0 Å². The van der Waals surface area contributed by atoms with Gasteiger partial charge in [-0.2, -0.15) is 0 Å². The molecular weight excluding hydrogens is 416 g/mol. The fraction of sp³-hybridized carbons (Fsp3) is 0.400. The van der Waals surface area contributed by atoms with Crippen LogP contribution in [0.4, 0.5) is 11.4 Å². The average Bonchev–Trinajstić information content (AvgIpc) is 2.88. The summed E-state index contributed by atoms with van der Waals surface area (Å²) in [6.45, 7) is 3.92. The molecule has 4 aliphatic rings. The van der Waals surface area contributed by atoms with Gasteiger partial charge in [0.2, 0.25) is 0 Å². The largest absolute Gasteiger partial charge is 0.347 e. The first kappa shape index (κ1) is 22.6. The third kappa shape index (κ3) is 5.32. The number of benzene rings is 2. The van der Waals surface area contributed by atoms with Crippen LogP contribution in [0.2, 0.25) is 0 Å². The number of rotatable bonds is 0. The van der Waals surface area contributed by atoms with E-state index in [4.69, 9.17) is 9.98 Å². The van der Waals surface area contributed by atoms with Crippen molar-refractivity contribution in [1.82, 2.24) is 0 Å². The van der Waals surface area contributed by atoms with Crippen LogP contribution >= 0.6 is 0 Å². The van der Waals surface area contributed by atoms with E-state index in [2.05, 4.69) is 82.9 Å². The number of para-hydroxylation sites is 2. The predicted octanol–water partition coefficient (Wildman–Crippen LogP) is 6.77. The zero-order valence-electron chi connectivity index (χ0n) is 20.2. The molecule has 0 atom stereocenters. The highest BCUT2D eigenvalue weighted by Gasteiger charge is 2.18. The standard InChI is InChI=1S/C30H36N4/c1-2-10-20-32-28-18-24-34(30-16-8-6-14-26(28)30)22-12-4-3-11-21-33-23-17-27(31-19-9-1)25-13-5-7-15-29(25)33/h5-8,13-18,23-24H,1-4,9-12,19-22H2. The Morgan fingerprint density at radius 2 is 0.941 bits per heavy atom. The van der Waals surface area contributed by atoms with Gasteiger partial charge in [-0.15, -0.1) is 0 Å². The SMILES string of the molecule is C1=CN2CCCCCCN3C=CC(=NCCCCCCN=C1c1ccccc12)c1ccccc13. The van der Waals surface area contributed by atoms with E-state index in [0.29, 0.717) is 0 Å². The molecule has 2 aromatic rings. The van der Waals surface area contributed by atoms with Gasteiger partial charge in [0.05, 0.1) is 22.8 Å². The van der Waals surface area contributed by atoms with Crippen LogP contribution in [0, 0.1) is 0 Å². The maximum atomic E-state index is 4.95. The van der Waals surface area contributed by atoms with Gasteiger partial charge in [0.25, 0.3) is 0 Å². The van der Waals surface area contributed by atoms with Crippen LogP contribution in [0.25, 0.3) is 0 Å². The molecule has 0 N–H and O–H groups in total. The second kappa shape index (κ2) is 11.3. The lowest BCUT2D eigenvalue weighted by Crippen LogP contribution is -2.25. The van der Waals surface area contributed by atoms with Gasteiger partial charge in [-0.3, -0.25) is 9.98 Å². The molecule has 0 saturated carbocycles. The Balaban J connectivity index is 1.29. The van der Waals surface area contributed by atoms with Crippen LogP contribution in [0.1, 0.15) is 62.5 Å². The second-order valence-electron chi connectivity index (χ2n) is 9.41. The van der Waals surface area contributed by atoms with Gasteiger partial charge in [-0.1, -0.05) is 62.1 Å². The molecule has 4 bridgehead atoms. The minimum atomic E-state index is 0.897. The van der Waals surface area contributed by atoms with E-state index in [1.807, 2.05) is 0 Å². The summed E-state index contributed by atoms with van der Waals surface area (Å²) in [5, 5.41) is 0. The van der Waals surface area contributed by atoms with Crippen LogP contribution in [-0.2, 0) is 0 Å². The molecule has 4 aliphatic heterocycles. The van der Waals surface area contributed by atoms with Crippen molar-refractivity contribution in [3.63, 3.8) is 0 Å². The molecule has 0 fully saturated rings. The molecule has 0 aromatic heterocycles. The van der Waals surface area contributed by atoms with E-state index in [0.717, 1.165) is 50.4 Å². The Morgan fingerprint density at radius 3 is 1.44 bits per heavy atom. The van der Waals surface area contributed by atoms with Crippen LogP contribution in [-0.4, -0.2) is 37.6 Å². The van der Waals surface area contributed by atoms with Gasteiger partial charge in [-0.05, 0) is 50.0 Å². The molecule has 2 aromatic carbocycles. The van der Waals surface area contributed by atoms with Crippen molar-refractivity contribution in [2.45, 2.75) is 51.4 Å². The fourth-order valence-corrected chi connectivity index (χ4v) is 5.10. The van der Waals surface area contributed by atoms with Gasteiger partial charge in [0.1, 0.15) is 0 Å². The van der Waals surface area contributed by atoms with Crippen molar-refractivity contribution < 1.29 is 0 Å². The van der Waals surface area contributed by atoms with E-state index in [-0.39, 0.29) is 0 Å². The number of allylic oxidation sites excluding steroid dienone is 2. The zero-order chi connectivity index (χ0) is 23.0. The van der Waals surface area contributed by atoms with E-state index in [1.165, 1.54) is 61.0 Å². The van der Waals surface area contributed by atoms with E-state index >= 15 is 0 Å². The number of hydrogen-bond donors (Lipinski definition) is 0. The zero-order valence-corrected chi connectivity index (χ0v) is 20.2. The maximum absolute atomic E-state index is 4.95. The molecule has 4 heteroatoms. The minimum absolute atomic E-state index is 0.897. The molecule has 0 unspecified atom stereocenters. The smallest absolute Gasteiger partial charge is 0.0682 e. The highest BCUT2D eigenvalue weighted by Crippen LogP contribution is 2.28. The number of nitrogens with zero attached hydrogens (tertiary/aromatic N) is 4. The number of aliphatic imine (C=N–C) groups is 2. The Hall–Kier alpha value is -3.14. The second-order valence-corrected chi connectivity index (χ2v) is 9.41. The highest BCUT2D eigenvalue weighted by molar-refractivity contribution is 6.14. The number of anilines is 2. The van der Waals surface area contributed by atoms with E-state index in [1.54, 1.807) is 0 Å². The van der Waals surface area contributed by atoms with Crippen molar-refractivity contribution in [3.05, 3.63) is 84.2 Å². The third-order valence-electron chi connectivity index (χ3n) is 6.98. The summed E-state index contributed by atoms with van der Waals surface area (Å²) < 4.78 is 0. The molecule has 4 heterocycles. The quantitative estimate of drug-likeness (QED) is 0.442. The van der Waals surface area contributed by atoms with Crippen molar-refractivity contribution in [2.24, 2.45) is 9.98 Å². The molecule has 6 rings (SSSR count). The number of hydrogen-bond acceptors (Lipinski definition) is 4. The summed E-state index contributed by atoms with van der Waals surface area (Å²) in [4.78, 5) is 14.7. The van der Waals surface area contributed by atoms with Crippen LogP contribution < -0.4 is 9.80 Å². The topological polar surface area (TPSA) is 31.2 Å². The average molecular weight is 453 g/mol. The van der Waals surface area contributed by atoms with Crippen LogP contribution in [0.3, 0.4) is 0 Å². The summed E-state index contributed by atoms with van der Waals surface area (Å²) in [6.07, 6.45) is 18.5. The highest BCUT2D eigenvalue weighted by atomic mass is 15.1. The van der Waals surface area contributed by atoms with Gasteiger partial charge >= 0.3 is 0 Å². The van der Waals surface area contributed by atoms with Gasteiger partial charge in [-0.25, -0.2) is 0 Å². The normalized spacial score (nSPS) is 19.5. The Kier molecular flexibility index (Phi) is 7.54. The number of fused-ring (bicyclic) bond motifs is 13. The summed E-state index contributed by atoms with van der Waals surface area (Å²) >= 11 is 0. The molecule has 4 nitrogen and oxygen atoms in total. The van der Waals surface area contributed by atoms with Crippen molar-refractivity contribution >= 4 is 22.8 Å². The lowest BCUT2D eigenvalue weighted by Gasteiger charge is -2.28.